The summed E-state index contributed by atoms with van der Waals surface area (Å²) in [7, 11) is 0. The van der Waals surface area contributed by atoms with Gasteiger partial charge in [-0.1, -0.05) is 0 Å². The van der Waals surface area contributed by atoms with E-state index in [9.17, 15) is 14.7 Å². The normalized spacial score (nSPS) is 17.9. The molecule has 0 aliphatic carbocycles. The van der Waals surface area contributed by atoms with Crippen LogP contribution in [0.1, 0.15) is 34.6 Å². The van der Waals surface area contributed by atoms with Crippen molar-refractivity contribution in [3.05, 3.63) is 51.3 Å². The third kappa shape index (κ3) is 2.11. The van der Waals surface area contributed by atoms with E-state index in [-0.39, 0.29) is 35.0 Å². The number of benzene rings is 1. The van der Waals surface area contributed by atoms with Gasteiger partial charge >= 0.3 is 5.97 Å². The van der Waals surface area contributed by atoms with Gasteiger partial charge in [0.25, 0.3) is 0 Å². The molecule has 1 aromatic carbocycles. The van der Waals surface area contributed by atoms with E-state index in [1.165, 1.54) is 6.20 Å². The molecule has 0 saturated carbocycles. The van der Waals surface area contributed by atoms with Crippen molar-refractivity contribution in [1.29, 1.82) is 0 Å². The molecule has 9 heteroatoms. The smallest absolute Gasteiger partial charge is 0.341 e. The van der Waals surface area contributed by atoms with Gasteiger partial charge in [0.15, 0.2) is 11.6 Å². The zero-order valence-corrected chi connectivity index (χ0v) is 14.3. The molecule has 1 unspecified atom stereocenters. The summed E-state index contributed by atoms with van der Waals surface area (Å²) in [6.45, 7) is 3.02. The van der Waals surface area contributed by atoms with E-state index in [1.54, 1.807) is 10.8 Å². The number of rotatable bonds is 2. The van der Waals surface area contributed by atoms with Gasteiger partial charge in [-0.2, -0.15) is 5.10 Å². The monoisotopic (exact) mass is 370 g/mol. The number of carbonyl (C=O) groups is 1. The van der Waals surface area contributed by atoms with Crippen LogP contribution in [0.5, 0.6) is 5.75 Å². The number of ether oxygens (including phenoxy) is 1. The maximum absolute atomic E-state index is 15.1. The molecule has 0 spiro atoms. The minimum absolute atomic E-state index is 0.0112. The third-order valence-electron chi connectivity index (χ3n) is 5.21. The van der Waals surface area contributed by atoms with Crippen LogP contribution in [0.2, 0.25) is 0 Å². The van der Waals surface area contributed by atoms with Crippen LogP contribution >= 0.6 is 0 Å². The van der Waals surface area contributed by atoms with Crippen LogP contribution in [0.25, 0.3) is 10.9 Å². The number of hydrogen-bond acceptors (Lipinski definition) is 5. The number of aromatic nitrogens is 3. The topological polar surface area (TPSA) is 100 Å². The molecule has 138 valence electrons. The summed E-state index contributed by atoms with van der Waals surface area (Å²) in [5.74, 6) is -1.67. The molecule has 8 nitrogen and oxygen atoms in total. The Morgan fingerprint density at radius 2 is 2.26 bits per heavy atom. The predicted molar refractivity (Wildman–Crippen MR) is 93.8 cm³/mol. The number of nitrogens with zero attached hydrogens (tertiary/aromatic N) is 3. The number of hydrogen-bond donors (Lipinski definition) is 2. The number of nitrogens with one attached hydrogen (secondary N) is 1. The van der Waals surface area contributed by atoms with Gasteiger partial charge in [0.05, 0.1) is 35.4 Å². The first-order valence-corrected chi connectivity index (χ1v) is 8.49. The van der Waals surface area contributed by atoms with Crippen LogP contribution in [0, 0.1) is 5.82 Å². The molecule has 2 aliphatic rings. The molecule has 3 aromatic rings. The van der Waals surface area contributed by atoms with Crippen molar-refractivity contribution in [2.45, 2.75) is 26.1 Å². The minimum Gasteiger partial charge on any atom is -0.487 e. The van der Waals surface area contributed by atoms with Crippen molar-refractivity contribution in [3.8, 4) is 5.75 Å². The van der Waals surface area contributed by atoms with Crippen LogP contribution in [0.3, 0.4) is 0 Å². The molecule has 0 fully saturated rings. The molecular weight excluding hydrogens is 355 g/mol. The van der Waals surface area contributed by atoms with Gasteiger partial charge in [0.2, 0.25) is 5.43 Å². The van der Waals surface area contributed by atoms with Crippen LogP contribution in [-0.4, -0.2) is 32.4 Å². The Balaban J connectivity index is 1.79. The molecule has 27 heavy (non-hydrogen) atoms. The van der Waals surface area contributed by atoms with E-state index < -0.39 is 17.2 Å². The van der Waals surface area contributed by atoms with Crippen LogP contribution in [0.4, 0.5) is 10.1 Å². The van der Waals surface area contributed by atoms with Crippen LogP contribution in [0.15, 0.2) is 23.3 Å². The highest BCUT2D eigenvalue weighted by Crippen LogP contribution is 2.43. The first-order valence-electron chi connectivity index (χ1n) is 8.49. The highest BCUT2D eigenvalue weighted by molar-refractivity contribution is 5.97. The summed E-state index contributed by atoms with van der Waals surface area (Å²) < 4.78 is 22.6. The number of halogens is 1. The second-order valence-corrected chi connectivity index (χ2v) is 6.91. The number of aromatic carboxylic acids is 1. The van der Waals surface area contributed by atoms with E-state index >= 15 is 4.39 Å². The molecular formula is C18H15FN4O4. The quantitative estimate of drug-likeness (QED) is 0.716. The maximum atomic E-state index is 15.1. The Bertz CT molecular complexity index is 1160. The van der Waals surface area contributed by atoms with Crippen molar-refractivity contribution in [2.24, 2.45) is 0 Å². The molecule has 5 rings (SSSR count). The average Bonchev–Trinajstić information content (AvgIpc) is 3.21. The summed E-state index contributed by atoms with van der Waals surface area (Å²) in [6, 6.07) is 0.929. The number of H-pyrrole nitrogens is 1. The lowest BCUT2D eigenvalue weighted by molar-refractivity contribution is 0.0694. The summed E-state index contributed by atoms with van der Waals surface area (Å²) in [5.41, 5.74) is 1.49. The van der Waals surface area contributed by atoms with Gasteiger partial charge < -0.3 is 19.3 Å². The van der Waals surface area contributed by atoms with E-state index in [0.717, 1.165) is 17.3 Å². The summed E-state index contributed by atoms with van der Waals surface area (Å²) >= 11 is 0. The lowest BCUT2D eigenvalue weighted by Crippen LogP contribution is -2.28. The molecule has 0 saturated heterocycles. The molecule has 0 amide bonds. The third-order valence-corrected chi connectivity index (χ3v) is 5.21. The Labute approximate surface area is 151 Å². The first-order chi connectivity index (χ1) is 13.0. The second-order valence-electron chi connectivity index (χ2n) is 6.91. The maximum Gasteiger partial charge on any atom is 0.341 e. The molecule has 2 aliphatic heterocycles. The van der Waals surface area contributed by atoms with Gasteiger partial charge in [-0.05, 0) is 13.0 Å². The van der Waals surface area contributed by atoms with E-state index in [1.807, 2.05) is 11.8 Å². The molecule has 0 bridgehead atoms. The standard InChI is InChI=1S/C18H15FN4O4/c1-8-7-27-17-14-10(16(24)11(18(25)26)5-23(8)14)2-12(19)15(17)22-4-9-3-20-21-13(9)6-22/h2-3,5,8H,4,6-7H2,1H3,(H,20,21)(H,25,26). The highest BCUT2D eigenvalue weighted by Gasteiger charge is 2.32. The van der Waals surface area contributed by atoms with Crippen molar-refractivity contribution < 1.29 is 19.0 Å². The lowest BCUT2D eigenvalue weighted by atomic mass is 10.1. The van der Waals surface area contributed by atoms with E-state index in [4.69, 9.17) is 4.74 Å². The first kappa shape index (κ1) is 15.9. The van der Waals surface area contributed by atoms with E-state index in [2.05, 4.69) is 10.2 Å². The van der Waals surface area contributed by atoms with Crippen molar-refractivity contribution >= 4 is 22.6 Å². The Morgan fingerprint density at radius 3 is 3.00 bits per heavy atom. The summed E-state index contributed by atoms with van der Waals surface area (Å²) in [4.78, 5) is 25.9. The van der Waals surface area contributed by atoms with Gasteiger partial charge in [-0.15, -0.1) is 0 Å². The Kier molecular flexibility index (Phi) is 3.13. The molecule has 1 atom stereocenters. The van der Waals surface area contributed by atoms with Gasteiger partial charge in [0, 0.05) is 18.3 Å². The molecule has 2 aromatic heterocycles. The largest absolute Gasteiger partial charge is 0.487 e. The highest BCUT2D eigenvalue weighted by atomic mass is 19.1. The zero-order valence-electron chi connectivity index (χ0n) is 14.3. The zero-order chi connectivity index (χ0) is 18.9. The van der Waals surface area contributed by atoms with Gasteiger partial charge in [-0.3, -0.25) is 9.89 Å². The van der Waals surface area contributed by atoms with Gasteiger partial charge in [-0.25, -0.2) is 9.18 Å². The predicted octanol–water partition coefficient (Wildman–Crippen LogP) is 2.04. The lowest BCUT2D eigenvalue weighted by Gasteiger charge is -2.31. The Morgan fingerprint density at radius 1 is 1.44 bits per heavy atom. The summed E-state index contributed by atoms with van der Waals surface area (Å²) in [6.07, 6.45) is 3.03. The number of aromatic amines is 1. The summed E-state index contributed by atoms with van der Waals surface area (Å²) in [5, 5.41) is 16.2. The number of anilines is 1. The fourth-order valence-electron chi connectivity index (χ4n) is 3.88. The SMILES string of the molecule is CC1COc2c(N3Cc4cn[nH]c4C3)c(F)cc3c(=O)c(C(=O)O)cn1c23. The Hall–Kier alpha value is -3.36. The number of carboxylic acid groups (broad SMARTS) is 1. The van der Waals surface area contributed by atoms with Crippen molar-refractivity contribution in [3.63, 3.8) is 0 Å². The minimum atomic E-state index is -1.33. The fourth-order valence-corrected chi connectivity index (χ4v) is 3.88. The van der Waals surface area contributed by atoms with Crippen molar-refractivity contribution in [1.82, 2.24) is 14.8 Å². The number of fused-ring (bicyclic) bond motifs is 1. The van der Waals surface area contributed by atoms with Crippen molar-refractivity contribution in [2.75, 3.05) is 11.5 Å². The molecule has 2 N–H and O–H groups in total. The van der Waals surface area contributed by atoms with Crippen LogP contribution in [-0.2, 0) is 13.1 Å². The number of carboxylic acids is 1. The fraction of sp³-hybridized carbons (Fsp3) is 0.278. The number of pyridine rings is 1. The second kappa shape index (κ2) is 5.32. The van der Waals surface area contributed by atoms with E-state index in [0.29, 0.717) is 18.6 Å². The average molecular weight is 370 g/mol. The molecule has 0 radical (unpaired) electrons. The van der Waals surface area contributed by atoms with Crippen LogP contribution < -0.4 is 15.1 Å². The molecule has 4 heterocycles. The van der Waals surface area contributed by atoms with Gasteiger partial charge in [0.1, 0.15) is 17.9 Å².